The summed E-state index contributed by atoms with van der Waals surface area (Å²) in [6.45, 7) is 3.43. The number of hydrogen-bond acceptors (Lipinski definition) is 6. The first-order valence-electron chi connectivity index (χ1n) is 11.4. The molecule has 0 aliphatic carbocycles. The third kappa shape index (κ3) is 5.64. The smallest absolute Gasteiger partial charge is 0.317 e. The standard InChI is InChI=1S/C27H26ClF2NO6/c1-4-27(13-32,14-33)26(36)37-25(20-7-6-19(29)11-21(20)30)24(35)17-5-8-22(34)31(12-17)23-15(2)9-18(28)10-16(23)3/h5-12,25,32-33H,4,13-14H2,1-3H3. The van der Waals surface area contributed by atoms with E-state index < -0.39 is 59.2 Å². The number of rotatable bonds is 9. The zero-order valence-electron chi connectivity index (χ0n) is 20.4. The summed E-state index contributed by atoms with van der Waals surface area (Å²) in [5.74, 6) is -4.09. The van der Waals surface area contributed by atoms with E-state index in [9.17, 15) is 33.4 Å². The lowest BCUT2D eigenvalue weighted by atomic mass is 9.87. The van der Waals surface area contributed by atoms with Gasteiger partial charge in [-0.3, -0.25) is 19.0 Å². The Hall–Kier alpha value is -3.40. The summed E-state index contributed by atoms with van der Waals surface area (Å²) >= 11 is 6.10. The van der Waals surface area contributed by atoms with Crippen LogP contribution in [-0.4, -0.2) is 39.7 Å². The van der Waals surface area contributed by atoms with Gasteiger partial charge in [0.25, 0.3) is 5.56 Å². The Bertz CT molecular complexity index is 1370. The molecule has 0 saturated heterocycles. The normalized spacial score (nSPS) is 12.3. The number of carbonyl (C=O) groups is 2. The van der Waals surface area contributed by atoms with Crippen molar-refractivity contribution >= 4 is 23.4 Å². The average molecular weight is 534 g/mol. The summed E-state index contributed by atoms with van der Waals surface area (Å²) in [5, 5.41) is 19.9. The van der Waals surface area contributed by atoms with Crippen LogP contribution >= 0.6 is 11.6 Å². The molecular weight excluding hydrogens is 508 g/mol. The van der Waals surface area contributed by atoms with E-state index in [1.165, 1.54) is 23.8 Å². The Morgan fingerprint density at radius 1 is 1.05 bits per heavy atom. The summed E-state index contributed by atoms with van der Waals surface area (Å²) in [7, 11) is 0. The largest absolute Gasteiger partial charge is 0.448 e. The zero-order valence-corrected chi connectivity index (χ0v) is 21.2. The molecule has 37 heavy (non-hydrogen) atoms. The van der Waals surface area contributed by atoms with Gasteiger partial charge in [0, 0.05) is 34.5 Å². The molecule has 1 atom stereocenters. The molecule has 3 aromatic rings. The van der Waals surface area contributed by atoms with Crippen LogP contribution in [0.3, 0.4) is 0 Å². The van der Waals surface area contributed by atoms with Crippen molar-refractivity contribution in [1.29, 1.82) is 0 Å². The third-order valence-corrected chi connectivity index (χ3v) is 6.53. The van der Waals surface area contributed by atoms with E-state index in [-0.39, 0.29) is 12.0 Å². The van der Waals surface area contributed by atoms with E-state index in [0.29, 0.717) is 27.9 Å². The summed E-state index contributed by atoms with van der Waals surface area (Å²) < 4.78 is 35.0. The molecule has 0 radical (unpaired) electrons. The first-order chi connectivity index (χ1) is 17.5. The second-order valence-electron chi connectivity index (χ2n) is 8.78. The number of halogens is 3. The number of hydrogen-bond donors (Lipinski definition) is 2. The molecule has 0 amide bonds. The van der Waals surface area contributed by atoms with Crippen molar-refractivity contribution in [2.24, 2.45) is 5.41 Å². The predicted octanol–water partition coefficient (Wildman–Crippen LogP) is 4.23. The van der Waals surface area contributed by atoms with Crippen LogP contribution in [0.15, 0.2) is 53.5 Å². The Morgan fingerprint density at radius 2 is 1.68 bits per heavy atom. The van der Waals surface area contributed by atoms with E-state index in [1.807, 2.05) is 0 Å². The summed E-state index contributed by atoms with van der Waals surface area (Å²) in [4.78, 5) is 39.3. The molecule has 1 unspecified atom stereocenters. The molecule has 2 aromatic carbocycles. The zero-order chi connectivity index (χ0) is 27.5. The van der Waals surface area contributed by atoms with E-state index >= 15 is 0 Å². The SMILES string of the molecule is CCC(CO)(CO)C(=O)OC(C(=O)c1ccc(=O)n(-c2c(C)cc(Cl)cc2C)c1)c1ccc(F)cc1F. The van der Waals surface area contributed by atoms with E-state index in [2.05, 4.69) is 0 Å². The van der Waals surface area contributed by atoms with Gasteiger partial charge in [-0.1, -0.05) is 18.5 Å². The van der Waals surface area contributed by atoms with Crippen LogP contribution in [0.4, 0.5) is 8.78 Å². The number of aromatic nitrogens is 1. The van der Waals surface area contributed by atoms with Crippen LogP contribution in [0.25, 0.3) is 5.69 Å². The van der Waals surface area contributed by atoms with Crippen LogP contribution < -0.4 is 5.56 Å². The minimum absolute atomic E-state index is 0.0361. The van der Waals surface area contributed by atoms with Crippen molar-refractivity contribution in [3.63, 3.8) is 0 Å². The topological polar surface area (TPSA) is 106 Å². The number of aryl methyl sites for hydroxylation is 2. The monoisotopic (exact) mass is 533 g/mol. The van der Waals surface area contributed by atoms with Gasteiger partial charge < -0.3 is 14.9 Å². The van der Waals surface area contributed by atoms with Crippen LogP contribution in [0.5, 0.6) is 0 Å². The predicted molar refractivity (Wildman–Crippen MR) is 133 cm³/mol. The van der Waals surface area contributed by atoms with Crippen molar-refractivity contribution in [1.82, 2.24) is 4.57 Å². The molecule has 0 aliphatic rings. The molecule has 0 bridgehead atoms. The van der Waals surface area contributed by atoms with Crippen molar-refractivity contribution in [3.05, 3.63) is 97.9 Å². The van der Waals surface area contributed by atoms with Gasteiger partial charge in [0.15, 0.2) is 6.10 Å². The maximum atomic E-state index is 14.8. The molecule has 10 heteroatoms. The second-order valence-corrected chi connectivity index (χ2v) is 9.22. The molecule has 7 nitrogen and oxygen atoms in total. The van der Waals surface area contributed by atoms with E-state index in [4.69, 9.17) is 16.3 Å². The first-order valence-corrected chi connectivity index (χ1v) is 11.8. The van der Waals surface area contributed by atoms with Gasteiger partial charge in [-0.05, 0) is 61.7 Å². The molecule has 3 rings (SSSR count). The van der Waals surface area contributed by atoms with Crippen LogP contribution in [-0.2, 0) is 9.53 Å². The second kappa shape index (κ2) is 11.3. The molecule has 0 fully saturated rings. The van der Waals surface area contributed by atoms with Crippen LogP contribution in [0.1, 0.15) is 46.5 Å². The molecule has 0 saturated carbocycles. The Balaban J connectivity index is 2.15. The molecule has 196 valence electrons. The number of carbonyl (C=O) groups excluding carboxylic acids is 2. The van der Waals surface area contributed by atoms with Crippen molar-refractivity contribution in [2.45, 2.75) is 33.3 Å². The number of aliphatic hydroxyl groups excluding tert-OH is 2. The minimum atomic E-state index is -1.89. The fourth-order valence-electron chi connectivity index (χ4n) is 3.99. The number of pyridine rings is 1. The lowest BCUT2D eigenvalue weighted by Crippen LogP contribution is -2.41. The maximum absolute atomic E-state index is 14.8. The summed E-state index contributed by atoms with van der Waals surface area (Å²) in [6, 6.07) is 8.05. The van der Waals surface area contributed by atoms with Crippen molar-refractivity contribution in [3.8, 4) is 5.69 Å². The molecule has 0 aliphatic heterocycles. The third-order valence-electron chi connectivity index (χ3n) is 6.32. The number of ketones is 1. The number of aliphatic hydroxyl groups is 2. The van der Waals surface area contributed by atoms with Gasteiger partial charge in [-0.25, -0.2) is 8.78 Å². The van der Waals surface area contributed by atoms with Gasteiger partial charge in [-0.2, -0.15) is 0 Å². The highest BCUT2D eigenvalue weighted by Crippen LogP contribution is 2.31. The van der Waals surface area contributed by atoms with Crippen LogP contribution in [0.2, 0.25) is 5.02 Å². The maximum Gasteiger partial charge on any atom is 0.317 e. The molecule has 1 aromatic heterocycles. The number of benzene rings is 2. The Kier molecular flexibility index (Phi) is 8.63. The molecular formula is C27H26ClF2NO6. The summed E-state index contributed by atoms with van der Waals surface area (Å²) in [5.41, 5.74) is -0.952. The Labute approximate surface area is 216 Å². The van der Waals surface area contributed by atoms with E-state index in [1.54, 1.807) is 26.0 Å². The summed E-state index contributed by atoms with van der Waals surface area (Å²) in [6.07, 6.45) is -0.692. The highest BCUT2D eigenvalue weighted by Gasteiger charge is 2.41. The lowest BCUT2D eigenvalue weighted by Gasteiger charge is -2.28. The fraction of sp³-hybridized carbons (Fsp3) is 0.296. The number of esters is 1. The Morgan fingerprint density at radius 3 is 2.22 bits per heavy atom. The highest BCUT2D eigenvalue weighted by atomic mass is 35.5. The number of ether oxygens (including phenoxy) is 1. The minimum Gasteiger partial charge on any atom is -0.448 e. The van der Waals surface area contributed by atoms with Crippen molar-refractivity contribution in [2.75, 3.05) is 13.2 Å². The van der Waals surface area contributed by atoms with Gasteiger partial charge in [0.2, 0.25) is 5.78 Å². The molecule has 0 spiro atoms. The van der Waals surface area contributed by atoms with Crippen molar-refractivity contribution < 1.29 is 33.3 Å². The molecule has 1 heterocycles. The quantitative estimate of drug-likeness (QED) is 0.315. The average Bonchev–Trinajstić information content (AvgIpc) is 2.84. The van der Waals surface area contributed by atoms with Crippen LogP contribution in [0, 0.1) is 30.9 Å². The van der Waals surface area contributed by atoms with Gasteiger partial charge >= 0.3 is 5.97 Å². The van der Waals surface area contributed by atoms with Gasteiger partial charge in [0.1, 0.15) is 17.0 Å². The fourth-order valence-corrected chi connectivity index (χ4v) is 4.32. The molecule has 2 N–H and O–H groups in total. The first kappa shape index (κ1) is 28.2. The lowest BCUT2D eigenvalue weighted by molar-refractivity contribution is -0.166. The van der Waals surface area contributed by atoms with Gasteiger partial charge in [0.05, 0.1) is 18.9 Å². The number of nitrogens with zero attached hydrogens (tertiary/aromatic N) is 1. The van der Waals surface area contributed by atoms with E-state index in [0.717, 1.165) is 18.2 Å². The van der Waals surface area contributed by atoms with Gasteiger partial charge in [-0.15, -0.1) is 0 Å². The number of Topliss-reactive ketones (excluding diaryl/α,β-unsaturated/α-hetero) is 1. The highest BCUT2D eigenvalue weighted by molar-refractivity contribution is 6.30.